The fourth-order valence-electron chi connectivity index (χ4n) is 2.91. The average molecular weight is 457 g/mol. The first-order valence-electron chi connectivity index (χ1n) is 9.32. The molecule has 1 saturated heterocycles. The van der Waals surface area contributed by atoms with Crippen molar-refractivity contribution >= 4 is 37.2 Å². The van der Waals surface area contributed by atoms with E-state index in [0.717, 1.165) is 44.7 Å². The number of hydrazine groups is 1. The second-order valence-electron chi connectivity index (χ2n) is 6.63. The van der Waals surface area contributed by atoms with Gasteiger partial charge in [0.05, 0.1) is 0 Å². The van der Waals surface area contributed by atoms with E-state index in [1.807, 2.05) is 41.4 Å². The van der Waals surface area contributed by atoms with Crippen molar-refractivity contribution in [2.75, 3.05) is 26.2 Å². The number of nitrogens with zero attached hydrogens (tertiary/aromatic N) is 2. The zero-order chi connectivity index (χ0) is 20.2. The van der Waals surface area contributed by atoms with Crippen LogP contribution >= 0.6 is 24.8 Å². The summed E-state index contributed by atoms with van der Waals surface area (Å²) in [7, 11) is 0. The lowest BCUT2D eigenvalue weighted by Crippen LogP contribution is -2.51. The Morgan fingerprint density at radius 2 is 1.47 bits per heavy atom. The van der Waals surface area contributed by atoms with Crippen molar-refractivity contribution in [2.45, 2.75) is 19.0 Å². The first kappa shape index (κ1) is 27.8. The van der Waals surface area contributed by atoms with Crippen LogP contribution in [0.4, 0.5) is 0 Å². The van der Waals surface area contributed by atoms with Crippen molar-refractivity contribution in [3.8, 4) is 0 Å². The quantitative estimate of drug-likeness (QED) is 0.550. The number of halogens is 2. The lowest BCUT2D eigenvalue weighted by Gasteiger charge is -2.33. The summed E-state index contributed by atoms with van der Waals surface area (Å²) in [4.78, 5) is 23.1. The minimum Gasteiger partial charge on any atom is -0.480 e. The van der Waals surface area contributed by atoms with Crippen LogP contribution in [0.1, 0.15) is 11.1 Å². The molecular formula is C21H30Cl2N4O3. The van der Waals surface area contributed by atoms with Gasteiger partial charge in [0.1, 0.15) is 6.04 Å². The fraction of sp³-hybridized carbons (Fsp3) is 0.333. The SMILES string of the molecule is Cl.Cl.N[C@H](Cc1ccccc1)C(=O)O.O=CNN1CCN(Cc2ccccc2)CC1. The minimum absolute atomic E-state index is 0. The molecule has 9 heteroatoms. The highest BCUT2D eigenvalue weighted by Crippen LogP contribution is 2.07. The highest BCUT2D eigenvalue weighted by molar-refractivity contribution is 5.85. The summed E-state index contributed by atoms with van der Waals surface area (Å²) in [6, 6.07) is 19.0. The largest absolute Gasteiger partial charge is 0.480 e. The highest BCUT2D eigenvalue weighted by atomic mass is 35.5. The zero-order valence-corrected chi connectivity index (χ0v) is 18.4. The molecule has 7 nitrogen and oxygen atoms in total. The standard InChI is InChI=1S/C12H17N3O.C9H11NO2.2ClH/c16-11-13-15-8-6-14(7-9-15)10-12-4-2-1-3-5-12;10-8(9(11)12)6-7-4-2-1-3-5-7;;/h1-5,11H,6-10H2,(H,13,16);1-5,8H,6,10H2,(H,11,12);2*1H/t;8-;;/m.1../s1. The number of benzene rings is 2. The number of carbonyl (C=O) groups excluding carboxylic acids is 1. The van der Waals surface area contributed by atoms with E-state index in [1.165, 1.54) is 5.56 Å². The molecular weight excluding hydrogens is 427 g/mol. The monoisotopic (exact) mass is 456 g/mol. The molecule has 0 saturated carbocycles. The van der Waals surface area contributed by atoms with E-state index < -0.39 is 12.0 Å². The lowest BCUT2D eigenvalue weighted by molar-refractivity contribution is -0.138. The van der Waals surface area contributed by atoms with Gasteiger partial charge >= 0.3 is 5.97 Å². The fourth-order valence-corrected chi connectivity index (χ4v) is 2.91. The van der Waals surface area contributed by atoms with Gasteiger partial charge in [-0.15, -0.1) is 24.8 Å². The van der Waals surface area contributed by atoms with Crippen molar-refractivity contribution < 1.29 is 14.7 Å². The molecule has 1 heterocycles. The van der Waals surface area contributed by atoms with Gasteiger partial charge in [0.15, 0.2) is 0 Å². The molecule has 166 valence electrons. The number of hydrogen-bond donors (Lipinski definition) is 3. The van der Waals surface area contributed by atoms with Crippen molar-refractivity contribution in [3.05, 3.63) is 71.8 Å². The Morgan fingerprint density at radius 3 is 1.93 bits per heavy atom. The molecule has 3 rings (SSSR count). The highest BCUT2D eigenvalue weighted by Gasteiger charge is 2.15. The molecule has 0 radical (unpaired) electrons. The normalized spacial score (nSPS) is 14.7. The van der Waals surface area contributed by atoms with Crippen LogP contribution in [-0.4, -0.2) is 59.6 Å². The van der Waals surface area contributed by atoms with Gasteiger partial charge in [0.2, 0.25) is 6.41 Å². The van der Waals surface area contributed by atoms with Crippen LogP contribution in [0, 0.1) is 0 Å². The third-order valence-corrected chi connectivity index (χ3v) is 4.47. The van der Waals surface area contributed by atoms with Crippen LogP contribution in [-0.2, 0) is 22.6 Å². The van der Waals surface area contributed by atoms with E-state index in [-0.39, 0.29) is 24.8 Å². The third-order valence-electron chi connectivity index (χ3n) is 4.47. The van der Waals surface area contributed by atoms with Gasteiger partial charge in [-0.05, 0) is 17.5 Å². The van der Waals surface area contributed by atoms with E-state index in [0.29, 0.717) is 6.42 Å². The summed E-state index contributed by atoms with van der Waals surface area (Å²) < 4.78 is 0. The Morgan fingerprint density at radius 1 is 0.967 bits per heavy atom. The van der Waals surface area contributed by atoms with E-state index in [9.17, 15) is 9.59 Å². The third kappa shape index (κ3) is 10.6. The molecule has 4 N–H and O–H groups in total. The van der Waals surface area contributed by atoms with Gasteiger partial charge in [-0.1, -0.05) is 60.7 Å². The topological polar surface area (TPSA) is 98.9 Å². The maximum atomic E-state index is 10.4. The maximum Gasteiger partial charge on any atom is 0.320 e. The summed E-state index contributed by atoms with van der Waals surface area (Å²) in [6.07, 6.45) is 1.13. The molecule has 2 aromatic rings. The summed E-state index contributed by atoms with van der Waals surface area (Å²) in [6.45, 7) is 4.78. The molecule has 0 bridgehead atoms. The number of carbonyl (C=O) groups is 2. The Kier molecular flexibility index (Phi) is 14.5. The van der Waals surface area contributed by atoms with Gasteiger partial charge in [-0.3, -0.25) is 19.9 Å². The van der Waals surface area contributed by atoms with Gasteiger partial charge in [-0.25, -0.2) is 5.01 Å². The van der Waals surface area contributed by atoms with Crippen LogP contribution < -0.4 is 11.2 Å². The number of aliphatic carboxylic acids is 1. The molecule has 0 aromatic heterocycles. The molecule has 1 atom stereocenters. The summed E-state index contributed by atoms with van der Waals surface area (Å²) in [5.74, 6) is -0.959. The Bertz CT molecular complexity index is 715. The van der Waals surface area contributed by atoms with E-state index in [2.05, 4.69) is 34.6 Å². The van der Waals surface area contributed by atoms with E-state index in [4.69, 9.17) is 10.8 Å². The Hall–Kier alpha value is -2.16. The first-order valence-corrected chi connectivity index (χ1v) is 9.32. The number of rotatable bonds is 7. The lowest BCUT2D eigenvalue weighted by atomic mass is 10.1. The minimum atomic E-state index is -0.959. The number of carboxylic acids is 1. The van der Waals surface area contributed by atoms with Crippen LogP contribution in [0.15, 0.2) is 60.7 Å². The van der Waals surface area contributed by atoms with Crippen LogP contribution in [0.5, 0.6) is 0 Å². The predicted octanol–water partition coefficient (Wildman–Crippen LogP) is 1.95. The second kappa shape index (κ2) is 15.6. The number of carboxylic acid groups (broad SMARTS) is 1. The molecule has 1 aliphatic rings. The number of amides is 1. The van der Waals surface area contributed by atoms with Gasteiger partial charge in [0.25, 0.3) is 0 Å². The summed E-state index contributed by atoms with van der Waals surface area (Å²) in [5.41, 5.74) is 10.3. The number of nitrogens with one attached hydrogen (secondary N) is 1. The van der Waals surface area contributed by atoms with Crippen LogP contribution in [0.2, 0.25) is 0 Å². The molecule has 30 heavy (non-hydrogen) atoms. The smallest absolute Gasteiger partial charge is 0.320 e. The Balaban J connectivity index is 0.000000545. The van der Waals surface area contributed by atoms with E-state index in [1.54, 1.807) is 0 Å². The summed E-state index contributed by atoms with van der Waals surface area (Å²) >= 11 is 0. The number of hydrogen-bond acceptors (Lipinski definition) is 5. The maximum absolute atomic E-state index is 10.4. The summed E-state index contributed by atoms with van der Waals surface area (Å²) in [5, 5.41) is 10.5. The second-order valence-corrected chi connectivity index (χ2v) is 6.63. The molecule has 1 fully saturated rings. The predicted molar refractivity (Wildman–Crippen MR) is 123 cm³/mol. The van der Waals surface area contributed by atoms with Crippen LogP contribution in [0.25, 0.3) is 0 Å². The van der Waals surface area contributed by atoms with Crippen molar-refractivity contribution in [1.29, 1.82) is 0 Å². The molecule has 0 unspecified atom stereocenters. The van der Waals surface area contributed by atoms with E-state index >= 15 is 0 Å². The van der Waals surface area contributed by atoms with Gasteiger partial charge in [0, 0.05) is 32.7 Å². The van der Waals surface area contributed by atoms with Crippen LogP contribution in [0.3, 0.4) is 0 Å². The molecule has 1 aliphatic heterocycles. The van der Waals surface area contributed by atoms with Gasteiger partial charge < -0.3 is 10.8 Å². The molecule has 0 spiro atoms. The first-order chi connectivity index (χ1) is 13.6. The molecule has 0 aliphatic carbocycles. The average Bonchev–Trinajstić information content (AvgIpc) is 2.72. The molecule has 2 aromatic carbocycles. The molecule has 1 amide bonds. The number of piperazine rings is 1. The van der Waals surface area contributed by atoms with Crippen molar-refractivity contribution in [2.24, 2.45) is 5.73 Å². The Labute approximate surface area is 190 Å². The van der Waals surface area contributed by atoms with Gasteiger partial charge in [-0.2, -0.15) is 0 Å². The zero-order valence-electron chi connectivity index (χ0n) is 16.7. The van der Waals surface area contributed by atoms with Crippen molar-refractivity contribution in [1.82, 2.24) is 15.3 Å². The number of nitrogens with two attached hydrogens (primary N) is 1. The van der Waals surface area contributed by atoms with Crippen molar-refractivity contribution in [3.63, 3.8) is 0 Å².